The van der Waals surface area contributed by atoms with Crippen LogP contribution < -0.4 is 19.6 Å². The van der Waals surface area contributed by atoms with Gasteiger partial charge in [-0.1, -0.05) is 29.5 Å². The normalized spacial score (nSPS) is 15.8. The Morgan fingerprint density at radius 1 is 1.25 bits per heavy atom. The molecule has 0 aliphatic carbocycles. The van der Waals surface area contributed by atoms with Crippen LogP contribution in [0.4, 0.5) is 0 Å². The van der Waals surface area contributed by atoms with Crippen molar-refractivity contribution >= 4 is 40.7 Å². The number of esters is 2. The quantitative estimate of drug-likeness (QED) is 0.425. The van der Waals surface area contributed by atoms with Crippen molar-refractivity contribution < 1.29 is 19.1 Å². The van der Waals surface area contributed by atoms with Gasteiger partial charge in [-0.2, -0.15) is 0 Å². The third-order valence-corrected chi connectivity index (χ3v) is 6.65. The second kappa shape index (κ2) is 9.05. The highest BCUT2D eigenvalue weighted by atomic mass is 32.1. The van der Waals surface area contributed by atoms with Gasteiger partial charge in [0.15, 0.2) is 4.80 Å². The van der Waals surface area contributed by atoms with E-state index < -0.39 is 18.0 Å². The molecule has 0 radical (unpaired) electrons. The van der Waals surface area contributed by atoms with Crippen LogP contribution in [0.3, 0.4) is 0 Å². The Kier molecular flexibility index (Phi) is 6.20. The molecule has 0 bridgehead atoms. The molecule has 2 aromatic heterocycles. The summed E-state index contributed by atoms with van der Waals surface area (Å²) in [4.78, 5) is 43.4. The van der Waals surface area contributed by atoms with Gasteiger partial charge in [-0.15, -0.1) is 11.3 Å². The van der Waals surface area contributed by atoms with Gasteiger partial charge in [-0.05, 0) is 49.1 Å². The van der Waals surface area contributed by atoms with Gasteiger partial charge in [-0.3, -0.25) is 14.2 Å². The Morgan fingerprint density at radius 2 is 2.06 bits per heavy atom. The van der Waals surface area contributed by atoms with Gasteiger partial charge >= 0.3 is 11.9 Å². The molecule has 3 heterocycles. The molecule has 9 heteroatoms. The molecule has 164 valence electrons. The summed E-state index contributed by atoms with van der Waals surface area (Å²) in [7, 11) is 0. The van der Waals surface area contributed by atoms with Crippen molar-refractivity contribution in [2.24, 2.45) is 4.99 Å². The third kappa shape index (κ3) is 4.21. The number of rotatable bonds is 5. The molecule has 1 aliphatic rings. The number of thiophene rings is 1. The van der Waals surface area contributed by atoms with E-state index in [0.717, 1.165) is 4.88 Å². The summed E-state index contributed by atoms with van der Waals surface area (Å²) in [6.45, 7) is 5.06. The molecule has 4 rings (SSSR count). The van der Waals surface area contributed by atoms with Gasteiger partial charge in [0.2, 0.25) is 0 Å². The van der Waals surface area contributed by atoms with Crippen LogP contribution in [-0.4, -0.2) is 23.1 Å². The molecule has 0 fully saturated rings. The lowest BCUT2D eigenvalue weighted by Crippen LogP contribution is -2.39. The summed E-state index contributed by atoms with van der Waals surface area (Å²) in [5.74, 6) is -0.495. The van der Waals surface area contributed by atoms with E-state index in [1.807, 2.05) is 23.6 Å². The smallest absolute Gasteiger partial charge is 0.338 e. The van der Waals surface area contributed by atoms with Gasteiger partial charge in [0.25, 0.3) is 5.56 Å². The number of benzene rings is 1. The zero-order valence-electron chi connectivity index (χ0n) is 17.7. The molecule has 32 heavy (non-hydrogen) atoms. The molecule has 0 saturated carbocycles. The van der Waals surface area contributed by atoms with Crippen molar-refractivity contribution in [2.75, 3.05) is 6.61 Å². The van der Waals surface area contributed by atoms with Crippen LogP contribution in [0.1, 0.15) is 37.3 Å². The molecule has 0 amide bonds. The van der Waals surface area contributed by atoms with Crippen molar-refractivity contribution in [1.29, 1.82) is 0 Å². The van der Waals surface area contributed by atoms with Gasteiger partial charge in [0.1, 0.15) is 11.8 Å². The average molecular weight is 469 g/mol. The Balaban J connectivity index is 1.88. The molecule has 1 atom stereocenters. The molecule has 1 aromatic carbocycles. The molecule has 3 aromatic rings. The van der Waals surface area contributed by atoms with E-state index in [1.54, 1.807) is 42.7 Å². The minimum Gasteiger partial charge on any atom is -0.463 e. The fourth-order valence-electron chi connectivity index (χ4n) is 3.49. The highest BCUT2D eigenvalue weighted by Gasteiger charge is 2.33. The number of ether oxygens (including phenoxy) is 2. The largest absolute Gasteiger partial charge is 0.463 e. The topological polar surface area (TPSA) is 87.0 Å². The zero-order valence-corrected chi connectivity index (χ0v) is 19.3. The van der Waals surface area contributed by atoms with Crippen LogP contribution in [0.25, 0.3) is 6.08 Å². The molecular weight excluding hydrogens is 448 g/mol. The predicted octanol–water partition coefficient (Wildman–Crippen LogP) is 2.79. The van der Waals surface area contributed by atoms with Crippen molar-refractivity contribution in [3.05, 3.63) is 83.2 Å². The summed E-state index contributed by atoms with van der Waals surface area (Å²) in [6.07, 6.45) is 1.73. The van der Waals surface area contributed by atoms with Crippen LogP contribution in [0.2, 0.25) is 0 Å². The fourth-order valence-corrected chi connectivity index (χ4v) is 5.36. The lowest BCUT2D eigenvalue weighted by Gasteiger charge is -2.23. The highest BCUT2D eigenvalue weighted by Crippen LogP contribution is 2.33. The molecule has 0 saturated heterocycles. The second-order valence-corrected chi connectivity index (χ2v) is 8.97. The van der Waals surface area contributed by atoms with Crippen molar-refractivity contribution in [1.82, 2.24) is 4.57 Å². The Bertz CT molecular complexity index is 1400. The number of thiazole rings is 1. The molecule has 0 N–H and O–H groups in total. The first-order chi connectivity index (χ1) is 15.4. The average Bonchev–Trinajstić information content (AvgIpc) is 3.36. The number of allylic oxidation sites excluding steroid dienone is 1. The Morgan fingerprint density at radius 3 is 2.75 bits per heavy atom. The lowest BCUT2D eigenvalue weighted by molar-refractivity contribution is -0.139. The summed E-state index contributed by atoms with van der Waals surface area (Å²) in [5.41, 5.74) is 1.36. The summed E-state index contributed by atoms with van der Waals surface area (Å²) >= 11 is 2.71. The third-order valence-electron chi connectivity index (χ3n) is 4.75. The van der Waals surface area contributed by atoms with E-state index in [2.05, 4.69) is 4.99 Å². The minimum absolute atomic E-state index is 0.232. The first-order valence-electron chi connectivity index (χ1n) is 9.90. The zero-order chi connectivity index (χ0) is 22.8. The number of fused-ring (bicyclic) bond motifs is 1. The maximum Gasteiger partial charge on any atom is 0.338 e. The van der Waals surface area contributed by atoms with E-state index in [9.17, 15) is 14.4 Å². The van der Waals surface area contributed by atoms with Crippen molar-refractivity contribution in [3.8, 4) is 5.75 Å². The van der Waals surface area contributed by atoms with Gasteiger partial charge < -0.3 is 9.47 Å². The Labute approximate surface area is 191 Å². The summed E-state index contributed by atoms with van der Waals surface area (Å²) in [6, 6.07) is 10.1. The first kappa shape index (κ1) is 21.9. The maximum atomic E-state index is 13.4. The standard InChI is InChI=1S/C23H20N2O5S2/c1-4-29-22(28)19-13(2)24-23-25(20(19)17-9-6-10-31-17)21(27)18(32-23)12-15-7-5-8-16(11-15)30-14(3)26/h5-12,20H,4H2,1-3H3/b18-12+. The Hall–Kier alpha value is -3.30. The number of hydrogen-bond acceptors (Lipinski definition) is 8. The second-order valence-electron chi connectivity index (χ2n) is 6.98. The monoisotopic (exact) mass is 468 g/mol. The fraction of sp³-hybridized carbons (Fsp3) is 0.217. The SMILES string of the molecule is CCOC(=O)C1=C(C)N=c2s/c(=C/c3cccc(OC(C)=O)c3)c(=O)n2C1c1cccs1. The molecule has 7 nitrogen and oxygen atoms in total. The van der Waals surface area contributed by atoms with Gasteiger partial charge in [0, 0.05) is 11.8 Å². The predicted molar refractivity (Wildman–Crippen MR) is 122 cm³/mol. The van der Waals surface area contributed by atoms with E-state index in [4.69, 9.17) is 9.47 Å². The molecular formula is C23H20N2O5S2. The van der Waals surface area contributed by atoms with Crippen LogP contribution >= 0.6 is 22.7 Å². The number of aromatic nitrogens is 1. The first-order valence-corrected chi connectivity index (χ1v) is 11.6. The molecule has 0 spiro atoms. The van der Waals surface area contributed by atoms with E-state index in [1.165, 1.54) is 29.6 Å². The van der Waals surface area contributed by atoms with Crippen LogP contribution in [-0.2, 0) is 14.3 Å². The van der Waals surface area contributed by atoms with Crippen molar-refractivity contribution in [3.63, 3.8) is 0 Å². The number of nitrogens with zero attached hydrogens (tertiary/aromatic N) is 2. The van der Waals surface area contributed by atoms with E-state index in [0.29, 0.717) is 31.9 Å². The maximum absolute atomic E-state index is 13.4. The van der Waals surface area contributed by atoms with E-state index in [-0.39, 0.29) is 12.2 Å². The van der Waals surface area contributed by atoms with Crippen molar-refractivity contribution in [2.45, 2.75) is 26.8 Å². The molecule has 1 unspecified atom stereocenters. The highest BCUT2D eigenvalue weighted by molar-refractivity contribution is 7.10. The minimum atomic E-state index is -0.597. The number of carbonyl (C=O) groups is 2. The van der Waals surface area contributed by atoms with Crippen LogP contribution in [0, 0.1) is 0 Å². The summed E-state index contributed by atoms with van der Waals surface area (Å²) < 4.78 is 12.4. The van der Waals surface area contributed by atoms with Gasteiger partial charge in [0.05, 0.1) is 22.4 Å². The number of hydrogen-bond donors (Lipinski definition) is 0. The lowest BCUT2D eigenvalue weighted by atomic mass is 10.0. The number of carbonyl (C=O) groups excluding carboxylic acids is 2. The summed E-state index contributed by atoms with van der Waals surface area (Å²) in [5, 5.41) is 1.91. The molecule has 1 aliphatic heterocycles. The van der Waals surface area contributed by atoms with E-state index >= 15 is 0 Å². The van der Waals surface area contributed by atoms with Crippen LogP contribution in [0.5, 0.6) is 5.75 Å². The van der Waals surface area contributed by atoms with Crippen LogP contribution in [0.15, 0.2) is 62.8 Å². The van der Waals surface area contributed by atoms with Gasteiger partial charge in [-0.25, -0.2) is 9.79 Å².